The van der Waals surface area contributed by atoms with Gasteiger partial charge >= 0.3 is 0 Å². The lowest BCUT2D eigenvalue weighted by Gasteiger charge is -2.28. The molecule has 116 valence electrons. The molecule has 21 heavy (non-hydrogen) atoms. The van der Waals surface area contributed by atoms with Gasteiger partial charge in [-0.05, 0) is 43.6 Å². The highest BCUT2D eigenvalue weighted by Gasteiger charge is 2.32. The molecule has 1 aromatic heterocycles. The van der Waals surface area contributed by atoms with Crippen LogP contribution in [0.5, 0.6) is 0 Å². The van der Waals surface area contributed by atoms with E-state index >= 15 is 0 Å². The molecular formula is C18H29N3. The van der Waals surface area contributed by atoms with Gasteiger partial charge in [-0.25, -0.2) is 0 Å². The second kappa shape index (κ2) is 5.60. The zero-order valence-electron chi connectivity index (χ0n) is 13.9. The van der Waals surface area contributed by atoms with Crippen LogP contribution in [0, 0.1) is 18.3 Å². The average molecular weight is 287 g/mol. The first-order valence-electron chi connectivity index (χ1n) is 8.37. The molecule has 1 aromatic rings. The first-order valence-corrected chi connectivity index (χ1v) is 8.37. The fraction of sp³-hybridized carbons (Fsp3) is 0.722. The van der Waals surface area contributed by atoms with E-state index < -0.39 is 0 Å². The van der Waals surface area contributed by atoms with Crippen LogP contribution in [0.3, 0.4) is 0 Å². The van der Waals surface area contributed by atoms with Gasteiger partial charge < -0.3 is 10.2 Å². The minimum absolute atomic E-state index is 0.406. The topological polar surface area (TPSA) is 28.2 Å². The molecule has 0 amide bonds. The van der Waals surface area contributed by atoms with Crippen LogP contribution in [0.25, 0.3) is 0 Å². The Bertz CT molecular complexity index is 500. The minimum Gasteiger partial charge on any atom is -0.371 e. The molecule has 1 saturated carbocycles. The molecule has 1 atom stereocenters. The molecule has 1 saturated heterocycles. The lowest BCUT2D eigenvalue weighted by Crippen LogP contribution is -2.27. The number of nitrogens with one attached hydrogen (secondary N) is 1. The molecule has 0 radical (unpaired) electrons. The van der Waals surface area contributed by atoms with Crippen LogP contribution in [0.1, 0.15) is 51.3 Å². The van der Waals surface area contributed by atoms with Gasteiger partial charge in [0.1, 0.15) is 0 Å². The van der Waals surface area contributed by atoms with Crippen LogP contribution in [-0.4, -0.2) is 24.1 Å². The lowest BCUT2D eigenvalue weighted by molar-refractivity contribution is 0.263. The highest BCUT2D eigenvalue weighted by atomic mass is 15.2. The van der Waals surface area contributed by atoms with Gasteiger partial charge in [-0.3, -0.25) is 4.98 Å². The van der Waals surface area contributed by atoms with E-state index in [1.165, 1.54) is 43.6 Å². The van der Waals surface area contributed by atoms with Crippen LogP contribution < -0.4 is 10.2 Å². The van der Waals surface area contributed by atoms with E-state index in [1.807, 2.05) is 0 Å². The zero-order valence-corrected chi connectivity index (χ0v) is 13.9. The fourth-order valence-electron chi connectivity index (χ4n) is 3.23. The van der Waals surface area contributed by atoms with Crippen molar-refractivity contribution in [2.45, 2.75) is 59.5 Å². The quantitative estimate of drug-likeness (QED) is 0.918. The van der Waals surface area contributed by atoms with E-state index in [-0.39, 0.29) is 0 Å². The Labute approximate surface area is 129 Å². The Morgan fingerprint density at radius 3 is 2.67 bits per heavy atom. The third-order valence-corrected chi connectivity index (χ3v) is 5.01. The molecule has 2 fully saturated rings. The number of pyridine rings is 1. The van der Waals surface area contributed by atoms with E-state index in [0.717, 1.165) is 24.2 Å². The summed E-state index contributed by atoms with van der Waals surface area (Å²) in [6.07, 6.45) is 6.06. The van der Waals surface area contributed by atoms with E-state index in [4.69, 9.17) is 0 Å². The molecule has 3 nitrogen and oxygen atoms in total. The maximum Gasteiger partial charge on any atom is 0.0445 e. The van der Waals surface area contributed by atoms with Gasteiger partial charge in [0, 0.05) is 48.8 Å². The van der Waals surface area contributed by atoms with Crippen molar-refractivity contribution in [2.75, 3.05) is 18.0 Å². The van der Waals surface area contributed by atoms with Gasteiger partial charge in [0.2, 0.25) is 0 Å². The van der Waals surface area contributed by atoms with Gasteiger partial charge in [-0.1, -0.05) is 20.8 Å². The number of hydrogen-bond donors (Lipinski definition) is 1. The smallest absolute Gasteiger partial charge is 0.0445 e. The molecule has 2 heterocycles. The molecule has 3 heteroatoms. The van der Waals surface area contributed by atoms with Crippen LogP contribution >= 0.6 is 0 Å². The van der Waals surface area contributed by atoms with Crippen LogP contribution in [0.4, 0.5) is 5.69 Å². The monoisotopic (exact) mass is 287 g/mol. The van der Waals surface area contributed by atoms with E-state index in [1.54, 1.807) is 0 Å². The van der Waals surface area contributed by atoms with Crippen molar-refractivity contribution in [3.63, 3.8) is 0 Å². The molecule has 1 aliphatic heterocycles. The van der Waals surface area contributed by atoms with E-state index in [0.29, 0.717) is 5.41 Å². The molecule has 1 unspecified atom stereocenters. The SMILES string of the molecule is Cc1cc(N2CCC(C(C)(C)C)C2)c(CNC2CC2)cn1. The Kier molecular flexibility index (Phi) is 3.96. The van der Waals surface area contributed by atoms with Gasteiger partial charge in [0.25, 0.3) is 0 Å². The predicted octanol–water partition coefficient (Wildman–Crippen LogP) is 3.51. The summed E-state index contributed by atoms with van der Waals surface area (Å²) in [5, 5.41) is 3.63. The summed E-state index contributed by atoms with van der Waals surface area (Å²) < 4.78 is 0. The van der Waals surface area contributed by atoms with Crippen molar-refractivity contribution in [3.05, 3.63) is 23.5 Å². The van der Waals surface area contributed by atoms with E-state index in [2.05, 4.69) is 55.2 Å². The third kappa shape index (κ3) is 3.57. The number of anilines is 1. The zero-order chi connectivity index (χ0) is 15.0. The maximum atomic E-state index is 4.51. The third-order valence-electron chi connectivity index (χ3n) is 5.01. The average Bonchev–Trinajstić information content (AvgIpc) is 3.10. The van der Waals surface area contributed by atoms with Crippen molar-refractivity contribution in [1.29, 1.82) is 0 Å². The summed E-state index contributed by atoms with van der Waals surface area (Å²) in [4.78, 5) is 7.09. The van der Waals surface area contributed by atoms with Gasteiger partial charge in [-0.2, -0.15) is 0 Å². The Balaban J connectivity index is 1.75. The Morgan fingerprint density at radius 1 is 1.29 bits per heavy atom. The normalized spacial score (nSPS) is 22.9. The minimum atomic E-state index is 0.406. The Morgan fingerprint density at radius 2 is 2.05 bits per heavy atom. The summed E-state index contributed by atoms with van der Waals surface area (Å²) in [7, 11) is 0. The summed E-state index contributed by atoms with van der Waals surface area (Å²) in [5.74, 6) is 0.787. The largest absolute Gasteiger partial charge is 0.371 e. The number of nitrogens with zero attached hydrogens (tertiary/aromatic N) is 2. The lowest BCUT2D eigenvalue weighted by atomic mass is 9.80. The van der Waals surface area contributed by atoms with E-state index in [9.17, 15) is 0 Å². The number of rotatable bonds is 4. The second-order valence-electron chi connectivity index (χ2n) is 7.91. The highest BCUT2D eigenvalue weighted by Crippen LogP contribution is 2.36. The van der Waals surface area contributed by atoms with Crippen LogP contribution in [-0.2, 0) is 6.54 Å². The van der Waals surface area contributed by atoms with Gasteiger partial charge in [0.05, 0.1) is 0 Å². The van der Waals surface area contributed by atoms with Gasteiger partial charge in [-0.15, -0.1) is 0 Å². The molecule has 3 rings (SSSR count). The molecular weight excluding hydrogens is 258 g/mol. The van der Waals surface area contributed by atoms with Crippen molar-refractivity contribution in [3.8, 4) is 0 Å². The van der Waals surface area contributed by atoms with Crippen molar-refractivity contribution < 1.29 is 0 Å². The first kappa shape index (κ1) is 14.8. The number of aromatic nitrogens is 1. The summed E-state index contributed by atoms with van der Waals surface area (Å²) >= 11 is 0. The first-order chi connectivity index (χ1) is 9.93. The molecule has 1 aliphatic carbocycles. The van der Waals surface area contributed by atoms with Crippen molar-refractivity contribution >= 4 is 5.69 Å². The highest BCUT2D eigenvalue weighted by molar-refractivity contribution is 5.54. The van der Waals surface area contributed by atoms with Crippen LogP contribution in [0.2, 0.25) is 0 Å². The summed E-state index contributed by atoms with van der Waals surface area (Å²) in [6.45, 7) is 12.5. The van der Waals surface area contributed by atoms with Crippen molar-refractivity contribution in [2.24, 2.45) is 11.3 Å². The Hall–Kier alpha value is -1.09. The second-order valence-corrected chi connectivity index (χ2v) is 7.91. The van der Waals surface area contributed by atoms with Gasteiger partial charge in [0.15, 0.2) is 0 Å². The predicted molar refractivity (Wildman–Crippen MR) is 88.6 cm³/mol. The number of aryl methyl sites for hydroxylation is 1. The van der Waals surface area contributed by atoms with Crippen LogP contribution in [0.15, 0.2) is 12.3 Å². The maximum absolute atomic E-state index is 4.51. The molecule has 1 N–H and O–H groups in total. The summed E-state index contributed by atoms with van der Waals surface area (Å²) in [5.41, 5.74) is 4.30. The fourth-order valence-corrected chi connectivity index (χ4v) is 3.23. The van der Waals surface area contributed by atoms with Crippen molar-refractivity contribution in [1.82, 2.24) is 10.3 Å². The molecule has 0 bridgehead atoms. The molecule has 0 spiro atoms. The molecule has 0 aromatic carbocycles. The number of hydrogen-bond acceptors (Lipinski definition) is 3. The summed E-state index contributed by atoms with van der Waals surface area (Å²) in [6, 6.07) is 3.02. The standard InChI is InChI=1S/C18H29N3/c1-13-9-17(14(10-19-13)11-20-16-5-6-16)21-8-7-15(12-21)18(2,3)4/h9-10,15-16,20H,5-8,11-12H2,1-4H3. The molecule has 2 aliphatic rings.